The normalized spacial score (nSPS) is 9.90. The number of aryl methyl sites for hydroxylation is 2. The van der Waals surface area contributed by atoms with Crippen molar-refractivity contribution in [2.75, 3.05) is 0 Å². The van der Waals surface area contributed by atoms with Crippen molar-refractivity contribution in [3.63, 3.8) is 0 Å². The predicted molar refractivity (Wildman–Crippen MR) is 79.7 cm³/mol. The lowest BCUT2D eigenvalue weighted by Crippen LogP contribution is -2.10. The first-order valence-corrected chi connectivity index (χ1v) is 6.79. The first kappa shape index (κ1) is 14.3. The second-order valence-corrected chi connectivity index (χ2v) is 5.37. The average molecular weight is 330 g/mol. The van der Waals surface area contributed by atoms with Crippen LogP contribution in [0.2, 0.25) is 0 Å². The molecule has 0 heterocycles. The molecule has 0 spiro atoms. The number of nitrogens with zero attached hydrogens (tertiary/aromatic N) is 1. The molecule has 2 aromatic rings. The Kier molecular flexibility index (Phi) is 4.21. The highest BCUT2D eigenvalue weighted by Gasteiger charge is 2.13. The first-order valence-electron chi connectivity index (χ1n) is 6.00. The van der Waals surface area contributed by atoms with Gasteiger partial charge in [0.15, 0.2) is 0 Å². The highest BCUT2D eigenvalue weighted by atomic mass is 79.9. The molecule has 0 aliphatic heterocycles. The number of esters is 1. The van der Waals surface area contributed by atoms with Gasteiger partial charge in [-0.25, -0.2) is 4.79 Å². The molecule has 0 radical (unpaired) electrons. The minimum absolute atomic E-state index is 0.415. The van der Waals surface area contributed by atoms with Gasteiger partial charge in [-0.15, -0.1) is 0 Å². The molecular weight excluding hydrogens is 318 g/mol. The van der Waals surface area contributed by atoms with Crippen LogP contribution in [-0.4, -0.2) is 5.97 Å². The number of carbonyl (C=O) groups is 1. The summed E-state index contributed by atoms with van der Waals surface area (Å²) in [6, 6.07) is 12.5. The van der Waals surface area contributed by atoms with Crippen molar-refractivity contribution < 1.29 is 9.53 Å². The SMILES string of the molecule is Cc1cc(C#N)cc(C)c1OC(=O)c1cccc(Br)c1. The summed E-state index contributed by atoms with van der Waals surface area (Å²) >= 11 is 3.32. The van der Waals surface area contributed by atoms with Crippen LogP contribution in [0.3, 0.4) is 0 Å². The second-order valence-electron chi connectivity index (χ2n) is 4.45. The maximum Gasteiger partial charge on any atom is 0.343 e. The Bertz CT molecular complexity index is 694. The van der Waals surface area contributed by atoms with Crippen LogP contribution in [0.4, 0.5) is 0 Å². The van der Waals surface area contributed by atoms with Gasteiger partial charge in [0.2, 0.25) is 0 Å². The first-order chi connectivity index (χ1) is 9.51. The molecule has 0 fully saturated rings. The Hall–Kier alpha value is -2.12. The molecule has 0 amide bonds. The quantitative estimate of drug-likeness (QED) is 0.614. The van der Waals surface area contributed by atoms with E-state index in [1.165, 1.54) is 0 Å². The van der Waals surface area contributed by atoms with E-state index in [0.717, 1.165) is 15.6 Å². The maximum atomic E-state index is 12.1. The van der Waals surface area contributed by atoms with E-state index in [4.69, 9.17) is 10.00 Å². The summed E-state index contributed by atoms with van der Waals surface area (Å²) in [6.07, 6.45) is 0. The van der Waals surface area contributed by atoms with Crippen LogP contribution < -0.4 is 4.74 Å². The summed E-state index contributed by atoms with van der Waals surface area (Å²) in [7, 11) is 0. The fourth-order valence-corrected chi connectivity index (χ4v) is 2.34. The van der Waals surface area contributed by atoms with E-state index in [0.29, 0.717) is 16.9 Å². The van der Waals surface area contributed by atoms with Crippen LogP contribution in [0.5, 0.6) is 5.75 Å². The number of ether oxygens (including phenoxy) is 1. The fraction of sp³-hybridized carbons (Fsp3) is 0.125. The monoisotopic (exact) mass is 329 g/mol. The van der Waals surface area contributed by atoms with Gasteiger partial charge in [0, 0.05) is 4.47 Å². The zero-order valence-corrected chi connectivity index (χ0v) is 12.7. The van der Waals surface area contributed by atoms with Crippen LogP contribution >= 0.6 is 15.9 Å². The summed E-state index contributed by atoms with van der Waals surface area (Å²) in [5.41, 5.74) is 2.57. The lowest BCUT2D eigenvalue weighted by molar-refractivity contribution is 0.0732. The Morgan fingerprint density at radius 3 is 2.40 bits per heavy atom. The van der Waals surface area contributed by atoms with E-state index in [-0.39, 0.29) is 0 Å². The molecule has 0 unspecified atom stereocenters. The van der Waals surface area contributed by atoms with Gasteiger partial charge in [0.25, 0.3) is 0 Å². The molecule has 2 rings (SSSR count). The summed E-state index contributed by atoms with van der Waals surface area (Å²) in [4.78, 5) is 12.1. The van der Waals surface area contributed by atoms with Crippen molar-refractivity contribution in [2.24, 2.45) is 0 Å². The van der Waals surface area contributed by atoms with Gasteiger partial charge < -0.3 is 4.74 Å². The number of carbonyl (C=O) groups excluding carboxylic acids is 1. The lowest BCUT2D eigenvalue weighted by Gasteiger charge is -2.11. The molecule has 0 aliphatic carbocycles. The molecule has 2 aromatic carbocycles. The molecular formula is C16H12BrNO2. The Morgan fingerprint density at radius 1 is 1.20 bits per heavy atom. The Balaban J connectivity index is 2.31. The zero-order chi connectivity index (χ0) is 14.7. The van der Waals surface area contributed by atoms with Crippen LogP contribution in [0, 0.1) is 25.2 Å². The molecule has 0 atom stereocenters. The van der Waals surface area contributed by atoms with Crippen LogP contribution in [-0.2, 0) is 0 Å². The third-order valence-corrected chi connectivity index (χ3v) is 3.34. The predicted octanol–water partition coefficient (Wildman–Crippen LogP) is 4.16. The summed E-state index contributed by atoms with van der Waals surface area (Å²) in [5, 5.41) is 8.90. The summed E-state index contributed by atoms with van der Waals surface area (Å²) < 4.78 is 6.27. The van der Waals surface area contributed by atoms with Crippen molar-refractivity contribution in [1.29, 1.82) is 5.26 Å². The van der Waals surface area contributed by atoms with E-state index < -0.39 is 5.97 Å². The standard InChI is InChI=1S/C16H12BrNO2/c1-10-6-12(9-18)7-11(2)15(10)20-16(19)13-4-3-5-14(17)8-13/h3-8H,1-2H3. The zero-order valence-electron chi connectivity index (χ0n) is 11.1. The Labute approximate surface area is 125 Å². The highest BCUT2D eigenvalue weighted by Crippen LogP contribution is 2.25. The molecule has 0 aromatic heterocycles. The molecule has 20 heavy (non-hydrogen) atoms. The minimum atomic E-state index is -0.415. The summed E-state index contributed by atoms with van der Waals surface area (Å²) in [5.74, 6) is 0.0937. The number of rotatable bonds is 2. The number of benzene rings is 2. The Morgan fingerprint density at radius 2 is 1.85 bits per heavy atom. The topological polar surface area (TPSA) is 50.1 Å². The fourth-order valence-electron chi connectivity index (χ4n) is 1.94. The smallest absolute Gasteiger partial charge is 0.343 e. The highest BCUT2D eigenvalue weighted by molar-refractivity contribution is 9.10. The largest absolute Gasteiger partial charge is 0.422 e. The molecule has 100 valence electrons. The molecule has 0 aliphatic rings. The van der Waals surface area contributed by atoms with E-state index in [1.54, 1.807) is 30.3 Å². The van der Waals surface area contributed by atoms with Gasteiger partial charge in [0.05, 0.1) is 17.2 Å². The van der Waals surface area contributed by atoms with Crippen molar-refractivity contribution >= 4 is 21.9 Å². The van der Waals surface area contributed by atoms with Gasteiger partial charge in [-0.3, -0.25) is 0 Å². The van der Waals surface area contributed by atoms with Crippen molar-refractivity contribution in [3.05, 3.63) is 63.1 Å². The van der Waals surface area contributed by atoms with Gasteiger partial charge in [-0.1, -0.05) is 22.0 Å². The molecule has 0 saturated carbocycles. The van der Waals surface area contributed by atoms with Gasteiger partial charge in [-0.2, -0.15) is 5.26 Å². The van der Waals surface area contributed by atoms with E-state index in [2.05, 4.69) is 22.0 Å². The molecule has 0 bridgehead atoms. The third-order valence-electron chi connectivity index (χ3n) is 2.84. The van der Waals surface area contributed by atoms with E-state index in [1.807, 2.05) is 19.9 Å². The number of hydrogen-bond acceptors (Lipinski definition) is 3. The van der Waals surface area contributed by atoms with Crippen molar-refractivity contribution in [1.82, 2.24) is 0 Å². The third kappa shape index (κ3) is 3.06. The van der Waals surface area contributed by atoms with Gasteiger partial charge in [-0.05, 0) is 55.3 Å². The van der Waals surface area contributed by atoms with Crippen LogP contribution in [0.1, 0.15) is 27.0 Å². The van der Waals surface area contributed by atoms with Crippen molar-refractivity contribution in [2.45, 2.75) is 13.8 Å². The van der Waals surface area contributed by atoms with E-state index >= 15 is 0 Å². The van der Waals surface area contributed by atoms with Crippen LogP contribution in [0.25, 0.3) is 0 Å². The lowest BCUT2D eigenvalue weighted by atomic mass is 10.1. The second kappa shape index (κ2) is 5.89. The number of nitriles is 1. The van der Waals surface area contributed by atoms with Crippen LogP contribution in [0.15, 0.2) is 40.9 Å². The molecule has 3 nitrogen and oxygen atoms in total. The average Bonchev–Trinajstić information content (AvgIpc) is 2.42. The minimum Gasteiger partial charge on any atom is -0.422 e. The van der Waals surface area contributed by atoms with Crippen molar-refractivity contribution in [3.8, 4) is 11.8 Å². The number of halogens is 1. The molecule has 0 saturated heterocycles. The summed E-state index contributed by atoms with van der Waals surface area (Å²) in [6.45, 7) is 3.63. The van der Waals surface area contributed by atoms with Gasteiger partial charge >= 0.3 is 5.97 Å². The number of hydrogen-bond donors (Lipinski definition) is 0. The molecule has 4 heteroatoms. The van der Waals surface area contributed by atoms with Gasteiger partial charge in [0.1, 0.15) is 5.75 Å². The maximum absolute atomic E-state index is 12.1. The van der Waals surface area contributed by atoms with E-state index in [9.17, 15) is 4.79 Å². The molecule has 0 N–H and O–H groups in total.